The lowest BCUT2D eigenvalue weighted by atomic mass is 9.90. The Kier molecular flexibility index (Phi) is 6.63. The van der Waals surface area contributed by atoms with Gasteiger partial charge in [0, 0.05) is 5.75 Å². The molecule has 0 aliphatic rings. The smallest absolute Gasteiger partial charge is 0.0157 e. The highest BCUT2D eigenvalue weighted by atomic mass is 32.1. The van der Waals surface area contributed by atoms with Gasteiger partial charge in [0.05, 0.1) is 0 Å². The van der Waals surface area contributed by atoms with Crippen molar-refractivity contribution in [2.24, 2.45) is 5.92 Å². The minimum atomic E-state index is 0.848. The van der Waals surface area contributed by atoms with Crippen molar-refractivity contribution in [3.63, 3.8) is 0 Å². The molecule has 1 unspecified atom stereocenters. The van der Waals surface area contributed by atoms with E-state index in [0.717, 1.165) is 11.7 Å². The Morgan fingerprint density at radius 1 is 1.12 bits per heavy atom. The highest BCUT2D eigenvalue weighted by Gasteiger charge is 2.09. The van der Waals surface area contributed by atoms with Gasteiger partial charge in [0.2, 0.25) is 0 Å². The Morgan fingerprint density at radius 3 is 2.38 bits per heavy atom. The SMILES string of the molecule is CCCCC(CC)Cc1ccccc1CS. The Morgan fingerprint density at radius 2 is 1.81 bits per heavy atom. The van der Waals surface area contributed by atoms with Crippen molar-refractivity contribution in [2.75, 3.05) is 0 Å². The first-order valence-corrected chi connectivity index (χ1v) is 7.12. The quantitative estimate of drug-likeness (QED) is 0.641. The van der Waals surface area contributed by atoms with E-state index < -0.39 is 0 Å². The fraction of sp³-hybridized carbons (Fsp3) is 0.600. The van der Waals surface area contributed by atoms with Gasteiger partial charge in [0.1, 0.15) is 0 Å². The summed E-state index contributed by atoms with van der Waals surface area (Å²) in [5.41, 5.74) is 2.90. The Hall–Kier alpha value is -0.430. The third-order valence-electron chi connectivity index (χ3n) is 3.34. The van der Waals surface area contributed by atoms with Crippen molar-refractivity contribution < 1.29 is 0 Å². The van der Waals surface area contributed by atoms with E-state index in [-0.39, 0.29) is 0 Å². The molecule has 0 heterocycles. The van der Waals surface area contributed by atoms with Gasteiger partial charge in [0.15, 0.2) is 0 Å². The average Bonchev–Trinajstić information content (AvgIpc) is 2.34. The molecule has 90 valence electrons. The lowest BCUT2D eigenvalue weighted by Gasteiger charge is -2.16. The second-order valence-electron chi connectivity index (χ2n) is 4.55. The molecule has 1 aromatic rings. The molecule has 0 N–H and O–H groups in total. The van der Waals surface area contributed by atoms with Crippen LogP contribution in [0.3, 0.4) is 0 Å². The number of unbranched alkanes of at least 4 members (excludes halogenated alkanes) is 1. The molecule has 0 aliphatic carbocycles. The van der Waals surface area contributed by atoms with E-state index in [1.165, 1.54) is 43.2 Å². The molecule has 1 heteroatoms. The third kappa shape index (κ3) is 4.21. The first-order chi connectivity index (χ1) is 7.81. The summed E-state index contributed by atoms with van der Waals surface area (Å²) in [4.78, 5) is 0. The van der Waals surface area contributed by atoms with Crippen molar-refractivity contribution in [3.05, 3.63) is 35.4 Å². The first-order valence-electron chi connectivity index (χ1n) is 6.49. The summed E-state index contributed by atoms with van der Waals surface area (Å²) in [5.74, 6) is 1.71. The zero-order valence-electron chi connectivity index (χ0n) is 10.6. The summed E-state index contributed by atoms with van der Waals surface area (Å²) in [6.07, 6.45) is 6.56. The normalized spacial score (nSPS) is 12.7. The minimum Gasteiger partial charge on any atom is -0.175 e. The van der Waals surface area contributed by atoms with Crippen molar-refractivity contribution in [3.8, 4) is 0 Å². The molecule has 0 aromatic heterocycles. The van der Waals surface area contributed by atoms with Crippen LogP contribution < -0.4 is 0 Å². The fourth-order valence-electron chi connectivity index (χ4n) is 2.17. The molecule has 0 spiro atoms. The molecule has 0 fully saturated rings. The molecular formula is C15H24S. The van der Waals surface area contributed by atoms with Gasteiger partial charge in [-0.25, -0.2) is 0 Å². The van der Waals surface area contributed by atoms with E-state index in [1.807, 2.05) is 0 Å². The molecule has 16 heavy (non-hydrogen) atoms. The van der Waals surface area contributed by atoms with E-state index in [4.69, 9.17) is 0 Å². The standard InChI is InChI=1S/C15H24S/c1-3-5-8-13(4-2)11-14-9-6-7-10-15(14)12-16/h6-7,9-10,13,16H,3-5,8,11-12H2,1-2H3. The molecule has 0 radical (unpaired) electrons. The van der Waals surface area contributed by atoms with Crippen LogP contribution in [0.4, 0.5) is 0 Å². The maximum atomic E-state index is 4.40. The Balaban J connectivity index is 2.62. The molecule has 0 saturated carbocycles. The van der Waals surface area contributed by atoms with Crippen LogP contribution in [0.2, 0.25) is 0 Å². The van der Waals surface area contributed by atoms with E-state index in [9.17, 15) is 0 Å². The summed E-state index contributed by atoms with van der Waals surface area (Å²) in [7, 11) is 0. The largest absolute Gasteiger partial charge is 0.175 e. The molecule has 0 aliphatic heterocycles. The van der Waals surface area contributed by atoms with E-state index in [2.05, 4.69) is 50.7 Å². The van der Waals surface area contributed by atoms with Gasteiger partial charge in [-0.3, -0.25) is 0 Å². The predicted octanol–water partition coefficient (Wildman–Crippen LogP) is 4.88. The summed E-state index contributed by atoms with van der Waals surface area (Å²) < 4.78 is 0. The number of rotatable bonds is 7. The summed E-state index contributed by atoms with van der Waals surface area (Å²) in [5, 5.41) is 0. The van der Waals surface area contributed by atoms with E-state index >= 15 is 0 Å². The minimum absolute atomic E-state index is 0.848. The molecule has 0 bridgehead atoms. The zero-order chi connectivity index (χ0) is 11.8. The number of hydrogen-bond acceptors (Lipinski definition) is 1. The monoisotopic (exact) mass is 236 g/mol. The van der Waals surface area contributed by atoms with Gasteiger partial charge in [-0.05, 0) is 23.5 Å². The second-order valence-corrected chi connectivity index (χ2v) is 4.86. The van der Waals surface area contributed by atoms with Crippen LogP contribution in [0.1, 0.15) is 50.7 Å². The van der Waals surface area contributed by atoms with Crippen LogP contribution in [0.5, 0.6) is 0 Å². The highest BCUT2D eigenvalue weighted by Crippen LogP contribution is 2.21. The van der Waals surface area contributed by atoms with Crippen molar-refractivity contribution in [1.82, 2.24) is 0 Å². The van der Waals surface area contributed by atoms with Crippen molar-refractivity contribution >= 4 is 12.6 Å². The van der Waals surface area contributed by atoms with Crippen LogP contribution >= 0.6 is 12.6 Å². The van der Waals surface area contributed by atoms with E-state index in [0.29, 0.717) is 0 Å². The van der Waals surface area contributed by atoms with Crippen LogP contribution in [-0.2, 0) is 12.2 Å². The molecule has 0 saturated heterocycles. The number of thiol groups is 1. The van der Waals surface area contributed by atoms with Gasteiger partial charge in [0.25, 0.3) is 0 Å². The Bertz CT molecular complexity index is 293. The molecule has 0 nitrogen and oxygen atoms in total. The lowest BCUT2D eigenvalue weighted by Crippen LogP contribution is -2.05. The second kappa shape index (κ2) is 7.78. The summed E-state index contributed by atoms with van der Waals surface area (Å²) in [6.45, 7) is 4.58. The van der Waals surface area contributed by atoms with Crippen LogP contribution in [0.15, 0.2) is 24.3 Å². The molecule has 1 atom stereocenters. The maximum absolute atomic E-state index is 4.40. The topological polar surface area (TPSA) is 0 Å². The number of hydrogen-bond donors (Lipinski definition) is 1. The molecular weight excluding hydrogens is 212 g/mol. The average molecular weight is 236 g/mol. The van der Waals surface area contributed by atoms with Crippen molar-refractivity contribution in [1.29, 1.82) is 0 Å². The van der Waals surface area contributed by atoms with Crippen molar-refractivity contribution in [2.45, 2.75) is 51.7 Å². The fourth-order valence-corrected chi connectivity index (χ4v) is 2.47. The van der Waals surface area contributed by atoms with Gasteiger partial charge in [-0.2, -0.15) is 12.6 Å². The van der Waals surface area contributed by atoms with Gasteiger partial charge >= 0.3 is 0 Å². The van der Waals surface area contributed by atoms with Gasteiger partial charge < -0.3 is 0 Å². The maximum Gasteiger partial charge on any atom is 0.0157 e. The molecule has 0 amide bonds. The first kappa shape index (κ1) is 13.6. The van der Waals surface area contributed by atoms with Crippen LogP contribution in [-0.4, -0.2) is 0 Å². The summed E-state index contributed by atoms with van der Waals surface area (Å²) >= 11 is 4.40. The Labute approximate surface area is 106 Å². The lowest BCUT2D eigenvalue weighted by molar-refractivity contribution is 0.448. The molecule has 1 rings (SSSR count). The third-order valence-corrected chi connectivity index (χ3v) is 3.68. The van der Waals surface area contributed by atoms with Gasteiger partial charge in [-0.1, -0.05) is 63.8 Å². The van der Waals surface area contributed by atoms with Gasteiger partial charge in [-0.15, -0.1) is 0 Å². The highest BCUT2D eigenvalue weighted by molar-refractivity contribution is 7.79. The van der Waals surface area contributed by atoms with Crippen LogP contribution in [0.25, 0.3) is 0 Å². The summed E-state index contributed by atoms with van der Waals surface area (Å²) in [6, 6.07) is 8.73. The molecule has 1 aromatic carbocycles. The zero-order valence-corrected chi connectivity index (χ0v) is 11.5. The number of benzene rings is 1. The predicted molar refractivity (Wildman–Crippen MR) is 76.1 cm³/mol. The van der Waals surface area contributed by atoms with Crippen LogP contribution in [0, 0.1) is 5.92 Å². The van der Waals surface area contributed by atoms with E-state index in [1.54, 1.807) is 0 Å².